The summed E-state index contributed by atoms with van der Waals surface area (Å²) in [5.74, 6) is -0.654. The standard InChI is InChI=1S/C14H21N3O6/c1-14(2,3)23-13(19)15-6-5-7-16-9-10(17(20)21)8-11(16)12(18)22-4/h8-9H,5-7H2,1-4H3,(H,15,19). The second-order valence-electron chi connectivity index (χ2n) is 5.81. The summed E-state index contributed by atoms with van der Waals surface area (Å²) in [6.07, 6.45) is 1.19. The van der Waals surface area contributed by atoms with Crippen LogP contribution in [0.5, 0.6) is 0 Å². The Morgan fingerprint density at radius 1 is 1.39 bits per heavy atom. The fourth-order valence-electron chi connectivity index (χ4n) is 1.81. The van der Waals surface area contributed by atoms with Crippen molar-refractivity contribution in [2.24, 2.45) is 0 Å². The van der Waals surface area contributed by atoms with Crippen LogP contribution < -0.4 is 5.32 Å². The van der Waals surface area contributed by atoms with E-state index >= 15 is 0 Å². The third-order valence-electron chi connectivity index (χ3n) is 2.73. The molecule has 0 saturated carbocycles. The molecule has 9 heteroatoms. The lowest BCUT2D eigenvalue weighted by Gasteiger charge is -2.19. The molecule has 0 radical (unpaired) electrons. The van der Waals surface area contributed by atoms with E-state index in [1.54, 1.807) is 20.8 Å². The van der Waals surface area contributed by atoms with Gasteiger partial charge in [0.15, 0.2) is 0 Å². The fourth-order valence-corrected chi connectivity index (χ4v) is 1.81. The summed E-state index contributed by atoms with van der Waals surface area (Å²) < 4.78 is 11.1. The number of methoxy groups -OCH3 is 1. The van der Waals surface area contributed by atoms with Gasteiger partial charge in [-0.15, -0.1) is 0 Å². The molecule has 0 aliphatic heterocycles. The second kappa shape index (κ2) is 7.61. The zero-order valence-electron chi connectivity index (χ0n) is 13.6. The maximum absolute atomic E-state index is 11.6. The van der Waals surface area contributed by atoms with Crippen molar-refractivity contribution in [1.29, 1.82) is 0 Å². The molecule has 0 fully saturated rings. The second-order valence-corrected chi connectivity index (χ2v) is 5.81. The number of nitro groups is 1. The molecule has 0 bridgehead atoms. The summed E-state index contributed by atoms with van der Waals surface area (Å²) in [6.45, 7) is 5.89. The molecule has 0 saturated heterocycles. The number of nitrogens with zero attached hydrogens (tertiary/aromatic N) is 2. The molecule has 1 aromatic heterocycles. The SMILES string of the molecule is COC(=O)c1cc([N+](=O)[O-])cn1CCCNC(=O)OC(C)(C)C. The highest BCUT2D eigenvalue weighted by atomic mass is 16.6. The Morgan fingerprint density at radius 3 is 2.57 bits per heavy atom. The van der Waals surface area contributed by atoms with Gasteiger partial charge in [-0.05, 0) is 27.2 Å². The van der Waals surface area contributed by atoms with E-state index < -0.39 is 22.6 Å². The van der Waals surface area contributed by atoms with Gasteiger partial charge in [0.1, 0.15) is 11.3 Å². The number of amides is 1. The smallest absolute Gasteiger partial charge is 0.407 e. The minimum absolute atomic E-state index is 0.0940. The van der Waals surface area contributed by atoms with Gasteiger partial charge in [-0.1, -0.05) is 0 Å². The van der Waals surface area contributed by atoms with Crippen LogP contribution in [0.4, 0.5) is 10.5 Å². The number of rotatable bonds is 6. The van der Waals surface area contributed by atoms with Crippen LogP contribution in [0.15, 0.2) is 12.3 Å². The Hall–Kier alpha value is -2.58. The molecule has 23 heavy (non-hydrogen) atoms. The molecule has 0 unspecified atom stereocenters. The highest BCUT2D eigenvalue weighted by Gasteiger charge is 2.20. The van der Waals surface area contributed by atoms with Crippen molar-refractivity contribution in [3.63, 3.8) is 0 Å². The van der Waals surface area contributed by atoms with Gasteiger partial charge in [0, 0.05) is 19.2 Å². The van der Waals surface area contributed by atoms with E-state index in [2.05, 4.69) is 10.1 Å². The van der Waals surface area contributed by atoms with E-state index in [0.717, 1.165) is 6.07 Å². The van der Waals surface area contributed by atoms with Crippen molar-refractivity contribution in [3.8, 4) is 0 Å². The highest BCUT2D eigenvalue weighted by Crippen LogP contribution is 2.17. The Morgan fingerprint density at radius 2 is 2.04 bits per heavy atom. The molecular weight excluding hydrogens is 306 g/mol. The van der Waals surface area contributed by atoms with Crippen LogP contribution in [0, 0.1) is 10.1 Å². The van der Waals surface area contributed by atoms with Crippen LogP contribution in [0.2, 0.25) is 0 Å². The van der Waals surface area contributed by atoms with Crippen LogP contribution in [-0.4, -0.2) is 40.8 Å². The monoisotopic (exact) mass is 327 g/mol. The number of carbonyl (C=O) groups is 2. The average molecular weight is 327 g/mol. The largest absolute Gasteiger partial charge is 0.464 e. The van der Waals surface area contributed by atoms with Crippen LogP contribution in [-0.2, 0) is 16.0 Å². The van der Waals surface area contributed by atoms with Crippen LogP contribution in [0.3, 0.4) is 0 Å². The van der Waals surface area contributed by atoms with Crippen molar-refractivity contribution in [2.45, 2.75) is 39.3 Å². The fraction of sp³-hybridized carbons (Fsp3) is 0.571. The Labute approximate surface area is 133 Å². The molecule has 9 nitrogen and oxygen atoms in total. The first-order valence-electron chi connectivity index (χ1n) is 7.04. The summed E-state index contributed by atoms with van der Waals surface area (Å²) in [6, 6.07) is 1.16. The molecule has 1 aromatic rings. The summed E-state index contributed by atoms with van der Waals surface area (Å²) in [5, 5.41) is 13.4. The van der Waals surface area contributed by atoms with Gasteiger partial charge in [0.2, 0.25) is 0 Å². The molecule has 0 aliphatic rings. The molecule has 0 aromatic carbocycles. The first-order valence-corrected chi connectivity index (χ1v) is 7.04. The summed E-state index contributed by atoms with van der Waals surface area (Å²) >= 11 is 0. The molecular formula is C14H21N3O6. The van der Waals surface area contributed by atoms with E-state index in [0.29, 0.717) is 19.5 Å². The topological polar surface area (TPSA) is 113 Å². The van der Waals surface area contributed by atoms with E-state index in [9.17, 15) is 19.7 Å². The molecule has 1 amide bonds. The van der Waals surface area contributed by atoms with E-state index in [-0.39, 0.29) is 11.4 Å². The highest BCUT2D eigenvalue weighted by molar-refractivity contribution is 5.88. The van der Waals surface area contributed by atoms with Gasteiger partial charge >= 0.3 is 12.1 Å². The van der Waals surface area contributed by atoms with Crippen LogP contribution in [0.25, 0.3) is 0 Å². The predicted octanol–water partition coefficient (Wildman–Crippen LogP) is 2.10. The average Bonchev–Trinajstić information content (AvgIpc) is 2.85. The number of esters is 1. The quantitative estimate of drug-likeness (QED) is 0.370. The van der Waals surface area contributed by atoms with E-state index in [1.807, 2.05) is 0 Å². The van der Waals surface area contributed by atoms with E-state index in [1.165, 1.54) is 17.9 Å². The van der Waals surface area contributed by atoms with Gasteiger partial charge in [0.05, 0.1) is 18.2 Å². The number of aromatic nitrogens is 1. The molecule has 1 rings (SSSR count). The van der Waals surface area contributed by atoms with Crippen molar-refractivity contribution >= 4 is 17.7 Å². The zero-order chi connectivity index (χ0) is 17.6. The van der Waals surface area contributed by atoms with Gasteiger partial charge in [-0.25, -0.2) is 9.59 Å². The number of carbonyl (C=O) groups excluding carboxylic acids is 2. The molecule has 1 heterocycles. The van der Waals surface area contributed by atoms with E-state index in [4.69, 9.17) is 4.74 Å². The first-order chi connectivity index (χ1) is 10.6. The molecule has 0 spiro atoms. The lowest BCUT2D eigenvalue weighted by atomic mass is 10.2. The van der Waals surface area contributed by atoms with Crippen molar-refractivity contribution in [1.82, 2.24) is 9.88 Å². The van der Waals surface area contributed by atoms with Gasteiger partial charge in [-0.3, -0.25) is 10.1 Å². The predicted molar refractivity (Wildman–Crippen MR) is 81.3 cm³/mol. The third-order valence-corrected chi connectivity index (χ3v) is 2.73. The minimum atomic E-state index is -0.654. The van der Waals surface area contributed by atoms with Crippen molar-refractivity contribution in [2.75, 3.05) is 13.7 Å². The Kier molecular flexibility index (Phi) is 6.11. The zero-order valence-corrected chi connectivity index (χ0v) is 13.6. The first kappa shape index (κ1) is 18.5. The summed E-state index contributed by atoms with van der Waals surface area (Å²) in [5.41, 5.74) is -0.676. The lowest BCUT2D eigenvalue weighted by molar-refractivity contribution is -0.384. The summed E-state index contributed by atoms with van der Waals surface area (Å²) in [7, 11) is 1.20. The Bertz CT molecular complexity index is 588. The molecule has 128 valence electrons. The third kappa shape index (κ3) is 5.97. The number of ether oxygens (including phenoxy) is 2. The van der Waals surface area contributed by atoms with Gasteiger partial charge in [-0.2, -0.15) is 0 Å². The van der Waals surface area contributed by atoms with Crippen molar-refractivity contribution < 1.29 is 24.0 Å². The maximum Gasteiger partial charge on any atom is 0.407 e. The molecule has 0 atom stereocenters. The number of aryl methyl sites for hydroxylation is 1. The van der Waals surface area contributed by atoms with Crippen LogP contribution >= 0.6 is 0 Å². The van der Waals surface area contributed by atoms with Crippen molar-refractivity contribution in [3.05, 3.63) is 28.1 Å². The molecule has 1 N–H and O–H groups in total. The Balaban J connectivity index is 2.59. The number of hydrogen-bond acceptors (Lipinski definition) is 6. The molecule has 0 aliphatic carbocycles. The van der Waals surface area contributed by atoms with Crippen LogP contribution in [0.1, 0.15) is 37.7 Å². The van der Waals surface area contributed by atoms with Gasteiger partial charge in [0.25, 0.3) is 5.69 Å². The summed E-state index contributed by atoms with van der Waals surface area (Å²) in [4.78, 5) is 33.3. The maximum atomic E-state index is 11.6. The number of alkyl carbamates (subject to hydrolysis) is 1. The number of nitrogens with one attached hydrogen (secondary N) is 1. The normalized spacial score (nSPS) is 11.0. The van der Waals surface area contributed by atoms with Gasteiger partial charge < -0.3 is 19.4 Å². The minimum Gasteiger partial charge on any atom is -0.464 e. The number of hydrogen-bond donors (Lipinski definition) is 1. The lowest BCUT2D eigenvalue weighted by Crippen LogP contribution is -2.33.